The van der Waals surface area contributed by atoms with E-state index in [1.165, 1.54) is 19.3 Å². The van der Waals surface area contributed by atoms with Gasteiger partial charge in [-0.05, 0) is 56.9 Å². The van der Waals surface area contributed by atoms with Crippen LogP contribution < -0.4 is 5.73 Å². The maximum Gasteiger partial charge on any atom is 0.226 e. The highest BCUT2D eigenvalue weighted by molar-refractivity contribution is 5.82. The van der Waals surface area contributed by atoms with Gasteiger partial charge in [-0.15, -0.1) is 0 Å². The fourth-order valence-corrected chi connectivity index (χ4v) is 3.38. The molecule has 1 amide bonds. The summed E-state index contributed by atoms with van der Waals surface area (Å²) in [5.74, 6) is 3.00. The highest BCUT2D eigenvalue weighted by Crippen LogP contribution is 2.55. The van der Waals surface area contributed by atoms with Gasteiger partial charge in [-0.1, -0.05) is 0 Å². The minimum absolute atomic E-state index is 0.381. The summed E-state index contributed by atoms with van der Waals surface area (Å²) in [7, 11) is 0. The molecule has 4 unspecified atom stereocenters. The van der Waals surface area contributed by atoms with Crippen molar-refractivity contribution in [1.82, 2.24) is 4.90 Å². The van der Waals surface area contributed by atoms with Gasteiger partial charge in [-0.2, -0.15) is 0 Å². The zero-order chi connectivity index (χ0) is 11.3. The average molecular weight is 222 g/mol. The molecule has 0 aromatic carbocycles. The van der Waals surface area contributed by atoms with E-state index in [1.54, 1.807) is 0 Å². The first-order chi connectivity index (χ1) is 7.70. The molecular weight excluding hydrogens is 200 g/mol. The van der Waals surface area contributed by atoms with Gasteiger partial charge in [0.15, 0.2) is 0 Å². The summed E-state index contributed by atoms with van der Waals surface area (Å²) in [5.41, 5.74) is 5.70. The molecule has 3 fully saturated rings. The highest BCUT2D eigenvalue weighted by Gasteiger charge is 2.53. The van der Waals surface area contributed by atoms with Crippen molar-refractivity contribution in [2.24, 2.45) is 29.4 Å². The standard InChI is InChI=1S/C13H22N2O/c1-8-4-9(6-14)7-15(8)13(16)12-5-11(12)10-2-3-10/h8-12H,2-7,14H2,1H3. The van der Waals surface area contributed by atoms with Crippen LogP contribution in [0.1, 0.15) is 32.6 Å². The van der Waals surface area contributed by atoms with Crippen molar-refractivity contribution in [2.75, 3.05) is 13.1 Å². The smallest absolute Gasteiger partial charge is 0.226 e. The van der Waals surface area contributed by atoms with E-state index in [9.17, 15) is 4.79 Å². The van der Waals surface area contributed by atoms with E-state index in [2.05, 4.69) is 11.8 Å². The Labute approximate surface area is 97.4 Å². The summed E-state index contributed by atoms with van der Waals surface area (Å²) in [4.78, 5) is 14.4. The molecular formula is C13H22N2O. The molecule has 3 aliphatic rings. The van der Waals surface area contributed by atoms with Crippen molar-refractivity contribution in [3.63, 3.8) is 0 Å². The maximum atomic E-state index is 12.3. The first-order valence-corrected chi connectivity index (χ1v) is 6.71. The van der Waals surface area contributed by atoms with Crippen LogP contribution in [0, 0.1) is 23.7 Å². The van der Waals surface area contributed by atoms with Gasteiger partial charge in [0.1, 0.15) is 0 Å². The van der Waals surface area contributed by atoms with E-state index in [0.29, 0.717) is 23.8 Å². The molecule has 0 radical (unpaired) electrons. The van der Waals surface area contributed by atoms with Crippen LogP contribution in [0.4, 0.5) is 0 Å². The molecule has 1 saturated heterocycles. The van der Waals surface area contributed by atoms with Gasteiger partial charge in [0, 0.05) is 18.5 Å². The van der Waals surface area contributed by atoms with Crippen molar-refractivity contribution in [1.29, 1.82) is 0 Å². The van der Waals surface area contributed by atoms with E-state index in [0.717, 1.165) is 31.3 Å². The number of hydrogen-bond donors (Lipinski definition) is 1. The molecule has 3 rings (SSSR count). The minimum Gasteiger partial charge on any atom is -0.339 e. The second-order valence-corrected chi connectivity index (χ2v) is 6.02. The number of rotatable bonds is 3. The first kappa shape index (κ1) is 10.6. The largest absolute Gasteiger partial charge is 0.339 e. The fourth-order valence-electron chi connectivity index (χ4n) is 3.38. The van der Waals surface area contributed by atoms with Crippen molar-refractivity contribution < 1.29 is 4.79 Å². The van der Waals surface area contributed by atoms with Crippen molar-refractivity contribution in [3.05, 3.63) is 0 Å². The van der Waals surface area contributed by atoms with Crippen LogP contribution in [0.2, 0.25) is 0 Å². The summed E-state index contributed by atoms with van der Waals surface area (Å²) < 4.78 is 0. The Kier molecular flexibility index (Phi) is 2.46. The lowest BCUT2D eigenvalue weighted by Gasteiger charge is -2.21. The van der Waals surface area contributed by atoms with E-state index in [-0.39, 0.29) is 0 Å². The molecule has 3 nitrogen and oxygen atoms in total. The molecule has 1 heterocycles. The van der Waals surface area contributed by atoms with Gasteiger partial charge >= 0.3 is 0 Å². The lowest BCUT2D eigenvalue weighted by Crippen LogP contribution is -2.36. The summed E-state index contributed by atoms with van der Waals surface area (Å²) in [6.45, 7) is 3.80. The van der Waals surface area contributed by atoms with Gasteiger partial charge in [-0.3, -0.25) is 4.79 Å². The Morgan fingerprint density at radius 3 is 2.69 bits per heavy atom. The van der Waals surface area contributed by atoms with E-state index >= 15 is 0 Å². The molecule has 0 spiro atoms. The maximum absolute atomic E-state index is 12.3. The molecule has 3 heteroatoms. The van der Waals surface area contributed by atoms with Gasteiger partial charge < -0.3 is 10.6 Å². The molecule has 0 bridgehead atoms. The summed E-state index contributed by atoms with van der Waals surface area (Å²) in [6, 6.07) is 0.418. The first-order valence-electron chi connectivity index (χ1n) is 6.71. The Bertz CT molecular complexity index is 300. The number of amides is 1. The van der Waals surface area contributed by atoms with Crippen molar-refractivity contribution in [3.8, 4) is 0 Å². The summed E-state index contributed by atoms with van der Waals surface area (Å²) in [6.07, 6.45) is 5.01. The van der Waals surface area contributed by atoms with Crippen LogP contribution in [0.5, 0.6) is 0 Å². The molecule has 1 aliphatic heterocycles. The monoisotopic (exact) mass is 222 g/mol. The van der Waals surface area contributed by atoms with Crippen molar-refractivity contribution in [2.45, 2.75) is 38.6 Å². The lowest BCUT2D eigenvalue weighted by molar-refractivity contribution is -0.133. The Balaban J connectivity index is 1.58. The molecule has 2 saturated carbocycles. The van der Waals surface area contributed by atoms with Crippen LogP contribution in [-0.2, 0) is 4.79 Å². The molecule has 2 aliphatic carbocycles. The minimum atomic E-state index is 0.381. The van der Waals surface area contributed by atoms with Crippen LogP contribution >= 0.6 is 0 Å². The number of nitrogens with two attached hydrogens (primary N) is 1. The predicted molar refractivity (Wildman–Crippen MR) is 62.7 cm³/mol. The topological polar surface area (TPSA) is 46.3 Å². The van der Waals surface area contributed by atoms with Gasteiger partial charge in [0.25, 0.3) is 0 Å². The van der Waals surface area contributed by atoms with Crippen LogP contribution in [-0.4, -0.2) is 29.9 Å². The summed E-state index contributed by atoms with van der Waals surface area (Å²) in [5, 5.41) is 0. The number of nitrogens with zero attached hydrogens (tertiary/aromatic N) is 1. The second-order valence-electron chi connectivity index (χ2n) is 6.02. The SMILES string of the molecule is CC1CC(CN)CN1C(=O)C1CC1C1CC1. The third-order valence-corrected chi connectivity index (χ3v) is 4.66. The quantitative estimate of drug-likeness (QED) is 0.780. The Hall–Kier alpha value is -0.570. The zero-order valence-corrected chi connectivity index (χ0v) is 10.1. The molecule has 16 heavy (non-hydrogen) atoms. The fraction of sp³-hybridized carbons (Fsp3) is 0.923. The molecule has 2 N–H and O–H groups in total. The third kappa shape index (κ3) is 1.75. The third-order valence-electron chi connectivity index (χ3n) is 4.66. The molecule has 4 atom stereocenters. The molecule has 0 aromatic rings. The summed E-state index contributed by atoms with van der Waals surface area (Å²) >= 11 is 0. The van der Waals surface area contributed by atoms with Gasteiger partial charge in [0.05, 0.1) is 0 Å². The Morgan fingerprint density at radius 1 is 1.38 bits per heavy atom. The van der Waals surface area contributed by atoms with Gasteiger partial charge in [-0.25, -0.2) is 0 Å². The Morgan fingerprint density at radius 2 is 2.12 bits per heavy atom. The van der Waals surface area contributed by atoms with E-state index in [1.807, 2.05) is 0 Å². The normalized spacial score (nSPS) is 42.5. The van der Waals surface area contributed by atoms with Crippen LogP contribution in [0.3, 0.4) is 0 Å². The highest BCUT2D eigenvalue weighted by atomic mass is 16.2. The van der Waals surface area contributed by atoms with E-state index in [4.69, 9.17) is 5.73 Å². The van der Waals surface area contributed by atoms with Crippen LogP contribution in [0.25, 0.3) is 0 Å². The van der Waals surface area contributed by atoms with E-state index < -0.39 is 0 Å². The molecule has 0 aromatic heterocycles. The number of carbonyl (C=O) groups excluding carboxylic acids is 1. The van der Waals surface area contributed by atoms with Gasteiger partial charge in [0.2, 0.25) is 5.91 Å². The predicted octanol–water partition coefficient (Wildman–Crippen LogP) is 1.23. The van der Waals surface area contributed by atoms with Crippen LogP contribution in [0.15, 0.2) is 0 Å². The molecule has 90 valence electrons. The lowest BCUT2D eigenvalue weighted by atomic mass is 10.1. The number of carbonyl (C=O) groups is 1. The van der Waals surface area contributed by atoms with Crippen molar-refractivity contribution >= 4 is 5.91 Å². The number of hydrogen-bond acceptors (Lipinski definition) is 2. The second kappa shape index (κ2) is 3.73. The average Bonchev–Trinajstić information content (AvgIpc) is 3.12. The number of likely N-dealkylation sites (tertiary alicyclic amines) is 1. The zero-order valence-electron chi connectivity index (χ0n) is 10.1.